The number of rotatable bonds is 3. The van der Waals surface area contributed by atoms with E-state index in [0.717, 1.165) is 6.07 Å². The third-order valence-electron chi connectivity index (χ3n) is 3.18. The molecule has 1 aliphatic heterocycles. The van der Waals surface area contributed by atoms with Gasteiger partial charge in [0.05, 0.1) is 5.02 Å². The van der Waals surface area contributed by atoms with Gasteiger partial charge in [0.1, 0.15) is 4.90 Å². The van der Waals surface area contributed by atoms with Gasteiger partial charge in [0.25, 0.3) is 15.0 Å². The SMILES string of the molecule is O=C(NC1CCS(=O)CC1)c1ccc(Cl)c(S(=O)(=O)Cl)c1. The summed E-state index contributed by atoms with van der Waals surface area (Å²) in [6, 6.07) is 3.86. The van der Waals surface area contributed by atoms with E-state index in [0.29, 0.717) is 24.3 Å². The van der Waals surface area contributed by atoms with E-state index in [9.17, 15) is 17.4 Å². The van der Waals surface area contributed by atoms with Crippen LogP contribution < -0.4 is 5.32 Å². The number of halogens is 2. The van der Waals surface area contributed by atoms with Crippen molar-refractivity contribution in [3.05, 3.63) is 28.8 Å². The lowest BCUT2D eigenvalue weighted by molar-refractivity contribution is 0.0934. The quantitative estimate of drug-likeness (QED) is 0.825. The largest absolute Gasteiger partial charge is 0.349 e. The van der Waals surface area contributed by atoms with Crippen molar-refractivity contribution < 1.29 is 17.4 Å². The first-order valence-corrected chi connectivity index (χ1v) is 10.3. The number of carbonyl (C=O) groups is 1. The third-order valence-corrected chi connectivity index (χ3v) is 6.36. The molecule has 0 unspecified atom stereocenters. The fourth-order valence-corrected chi connectivity index (χ4v) is 4.83. The zero-order valence-corrected chi connectivity index (χ0v) is 14.0. The van der Waals surface area contributed by atoms with Gasteiger partial charge in [-0.05, 0) is 31.0 Å². The molecule has 1 N–H and O–H groups in total. The van der Waals surface area contributed by atoms with Crippen LogP contribution in [0.25, 0.3) is 0 Å². The second kappa shape index (κ2) is 6.64. The predicted molar refractivity (Wildman–Crippen MR) is 82.9 cm³/mol. The van der Waals surface area contributed by atoms with Crippen LogP contribution in [0.15, 0.2) is 23.1 Å². The summed E-state index contributed by atoms with van der Waals surface area (Å²) >= 11 is 5.76. The summed E-state index contributed by atoms with van der Waals surface area (Å²) < 4.78 is 34.0. The lowest BCUT2D eigenvalue weighted by Gasteiger charge is -2.22. The van der Waals surface area contributed by atoms with Gasteiger partial charge in [-0.15, -0.1) is 0 Å². The predicted octanol–water partition coefficient (Wildman–Crippen LogP) is 1.91. The Morgan fingerprint density at radius 3 is 2.48 bits per heavy atom. The van der Waals surface area contributed by atoms with E-state index < -0.39 is 25.8 Å². The minimum atomic E-state index is -4.01. The van der Waals surface area contributed by atoms with Crippen LogP contribution in [0.2, 0.25) is 5.02 Å². The highest BCUT2D eigenvalue weighted by molar-refractivity contribution is 8.13. The molecule has 0 saturated carbocycles. The number of hydrogen-bond donors (Lipinski definition) is 1. The number of nitrogens with one attached hydrogen (secondary N) is 1. The molecular weight excluding hydrogens is 357 g/mol. The molecule has 1 aromatic rings. The van der Waals surface area contributed by atoms with Crippen LogP contribution in [0, 0.1) is 0 Å². The van der Waals surface area contributed by atoms with E-state index in [2.05, 4.69) is 5.32 Å². The van der Waals surface area contributed by atoms with Crippen molar-refractivity contribution in [2.45, 2.75) is 23.8 Å². The monoisotopic (exact) mass is 369 g/mol. The highest BCUT2D eigenvalue weighted by Gasteiger charge is 2.22. The first-order chi connectivity index (χ1) is 9.77. The number of carbonyl (C=O) groups excluding carboxylic acids is 1. The van der Waals surface area contributed by atoms with E-state index in [1.54, 1.807) is 0 Å². The first kappa shape index (κ1) is 16.7. The average molecular weight is 370 g/mol. The Bertz CT molecular complexity index is 680. The average Bonchev–Trinajstić information content (AvgIpc) is 2.40. The Morgan fingerprint density at radius 1 is 1.29 bits per heavy atom. The molecule has 21 heavy (non-hydrogen) atoms. The minimum absolute atomic E-state index is 0.0328. The van der Waals surface area contributed by atoms with Crippen molar-refractivity contribution >= 4 is 48.0 Å². The van der Waals surface area contributed by atoms with Gasteiger partial charge in [-0.1, -0.05) is 11.6 Å². The molecule has 1 fully saturated rings. The molecule has 1 heterocycles. The fraction of sp³-hybridized carbons (Fsp3) is 0.417. The summed E-state index contributed by atoms with van der Waals surface area (Å²) in [5.74, 6) is 0.727. The van der Waals surface area contributed by atoms with Crippen LogP contribution in [0.1, 0.15) is 23.2 Å². The summed E-state index contributed by atoms with van der Waals surface area (Å²) in [4.78, 5) is 11.8. The lowest BCUT2D eigenvalue weighted by Crippen LogP contribution is -2.39. The maximum absolute atomic E-state index is 12.1. The van der Waals surface area contributed by atoms with Crippen LogP contribution in [-0.2, 0) is 19.9 Å². The molecule has 0 aliphatic carbocycles. The molecule has 5 nitrogen and oxygen atoms in total. The van der Waals surface area contributed by atoms with Gasteiger partial charge < -0.3 is 5.32 Å². The molecule has 0 aromatic heterocycles. The van der Waals surface area contributed by atoms with E-state index in [1.807, 2.05) is 0 Å². The van der Waals surface area contributed by atoms with Gasteiger partial charge in [-0.25, -0.2) is 8.42 Å². The molecule has 2 rings (SSSR count). The molecule has 0 spiro atoms. The van der Waals surface area contributed by atoms with Gasteiger partial charge in [0.2, 0.25) is 0 Å². The van der Waals surface area contributed by atoms with Gasteiger partial charge in [-0.2, -0.15) is 0 Å². The first-order valence-electron chi connectivity index (χ1n) is 6.17. The summed E-state index contributed by atoms with van der Waals surface area (Å²) in [7, 11) is 0.457. The smallest absolute Gasteiger partial charge is 0.262 e. The minimum Gasteiger partial charge on any atom is -0.349 e. The Labute approximate surface area is 134 Å². The van der Waals surface area contributed by atoms with Crippen LogP contribution in [0.3, 0.4) is 0 Å². The van der Waals surface area contributed by atoms with Gasteiger partial charge in [-0.3, -0.25) is 9.00 Å². The van der Waals surface area contributed by atoms with Crippen molar-refractivity contribution in [2.75, 3.05) is 11.5 Å². The van der Waals surface area contributed by atoms with Crippen molar-refractivity contribution in [1.82, 2.24) is 5.32 Å². The highest BCUT2D eigenvalue weighted by atomic mass is 35.7. The Balaban J connectivity index is 2.15. The normalized spacial score (nSPS) is 22.8. The zero-order valence-electron chi connectivity index (χ0n) is 10.8. The van der Waals surface area contributed by atoms with E-state index in [-0.39, 0.29) is 21.5 Å². The van der Waals surface area contributed by atoms with E-state index in [4.69, 9.17) is 22.3 Å². The van der Waals surface area contributed by atoms with Gasteiger partial charge in [0, 0.05) is 44.6 Å². The Morgan fingerprint density at radius 2 is 1.90 bits per heavy atom. The second-order valence-electron chi connectivity index (χ2n) is 4.68. The van der Waals surface area contributed by atoms with E-state index >= 15 is 0 Å². The van der Waals surface area contributed by atoms with Crippen molar-refractivity contribution in [3.8, 4) is 0 Å². The van der Waals surface area contributed by atoms with Crippen molar-refractivity contribution in [3.63, 3.8) is 0 Å². The van der Waals surface area contributed by atoms with Crippen LogP contribution in [0.4, 0.5) is 0 Å². The van der Waals surface area contributed by atoms with Crippen LogP contribution in [0.5, 0.6) is 0 Å². The summed E-state index contributed by atoms with van der Waals surface area (Å²) in [5.41, 5.74) is 0.172. The Hall–Kier alpha value is -0.630. The standard InChI is InChI=1S/C12H13Cl2NO4S2/c13-10-2-1-8(7-11(10)21(14,18)19)12(16)15-9-3-5-20(17)6-4-9/h1-2,7,9H,3-6H2,(H,15,16). The molecule has 1 aromatic carbocycles. The van der Waals surface area contributed by atoms with Gasteiger partial charge in [0.15, 0.2) is 0 Å². The maximum atomic E-state index is 12.1. The van der Waals surface area contributed by atoms with Crippen LogP contribution in [-0.4, -0.2) is 36.1 Å². The molecule has 1 aliphatic rings. The van der Waals surface area contributed by atoms with Crippen molar-refractivity contribution in [2.24, 2.45) is 0 Å². The molecule has 9 heteroatoms. The topological polar surface area (TPSA) is 80.3 Å². The fourth-order valence-electron chi connectivity index (χ4n) is 2.04. The Kier molecular flexibility index (Phi) is 5.29. The molecule has 1 saturated heterocycles. The maximum Gasteiger partial charge on any atom is 0.262 e. The van der Waals surface area contributed by atoms with E-state index in [1.165, 1.54) is 12.1 Å². The summed E-state index contributed by atoms with van der Waals surface area (Å²) in [6.07, 6.45) is 1.29. The van der Waals surface area contributed by atoms with Gasteiger partial charge >= 0.3 is 0 Å². The third kappa shape index (κ3) is 4.42. The molecule has 0 bridgehead atoms. The molecule has 116 valence electrons. The molecule has 0 radical (unpaired) electrons. The lowest BCUT2D eigenvalue weighted by atomic mass is 10.1. The number of benzene rings is 1. The second-order valence-corrected chi connectivity index (χ2v) is 9.32. The number of hydrogen-bond acceptors (Lipinski definition) is 4. The molecule has 0 atom stereocenters. The van der Waals surface area contributed by atoms with Crippen LogP contribution >= 0.6 is 22.3 Å². The van der Waals surface area contributed by atoms with Crippen molar-refractivity contribution in [1.29, 1.82) is 0 Å². The summed E-state index contributed by atoms with van der Waals surface area (Å²) in [5, 5.41) is 2.77. The summed E-state index contributed by atoms with van der Waals surface area (Å²) in [6.45, 7) is 0. The molecular formula is C12H13Cl2NO4S2. The molecule has 1 amide bonds. The zero-order chi connectivity index (χ0) is 15.6. The number of amides is 1. The highest BCUT2D eigenvalue weighted by Crippen LogP contribution is 2.25.